The van der Waals surface area contributed by atoms with Crippen molar-refractivity contribution in [3.63, 3.8) is 0 Å². The summed E-state index contributed by atoms with van der Waals surface area (Å²) in [5.41, 5.74) is 2.64. The summed E-state index contributed by atoms with van der Waals surface area (Å²) in [4.78, 5) is 15.4. The second-order valence-electron chi connectivity index (χ2n) is 7.84. The SMILES string of the molecule is CN(C)[C@@H]1CCN(C[C@H]2CN(c3ccc(C#N)c4nccnc34)CC2F)C1. The van der Waals surface area contributed by atoms with Crippen LogP contribution >= 0.6 is 0 Å². The summed E-state index contributed by atoms with van der Waals surface area (Å²) in [6.45, 7) is 3.88. The van der Waals surface area contributed by atoms with Crippen molar-refractivity contribution in [2.24, 2.45) is 5.92 Å². The van der Waals surface area contributed by atoms with E-state index in [-0.39, 0.29) is 5.92 Å². The maximum absolute atomic E-state index is 14.8. The zero-order chi connectivity index (χ0) is 19.0. The highest BCUT2D eigenvalue weighted by atomic mass is 19.1. The van der Waals surface area contributed by atoms with E-state index in [1.165, 1.54) is 0 Å². The Kier molecular flexibility index (Phi) is 4.94. The van der Waals surface area contributed by atoms with E-state index in [0.717, 1.165) is 31.7 Å². The minimum Gasteiger partial charge on any atom is -0.366 e. The second kappa shape index (κ2) is 7.37. The highest BCUT2D eigenvalue weighted by molar-refractivity contribution is 5.92. The van der Waals surface area contributed by atoms with Gasteiger partial charge in [0, 0.05) is 50.5 Å². The largest absolute Gasteiger partial charge is 0.366 e. The quantitative estimate of drug-likeness (QED) is 0.822. The molecule has 7 heteroatoms. The van der Waals surface area contributed by atoms with Crippen LogP contribution in [-0.2, 0) is 0 Å². The number of anilines is 1. The van der Waals surface area contributed by atoms with Gasteiger partial charge < -0.3 is 14.7 Å². The van der Waals surface area contributed by atoms with Gasteiger partial charge in [-0.1, -0.05) is 0 Å². The molecule has 3 heterocycles. The molecule has 2 fully saturated rings. The third-order valence-electron chi connectivity index (χ3n) is 5.90. The first-order valence-electron chi connectivity index (χ1n) is 9.48. The zero-order valence-corrected chi connectivity index (χ0v) is 15.8. The number of fused-ring (bicyclic) bond motifs is 1. The number of halogens is 1. The molecule has 1 unspecified atom stereocenters. The van der Waals surface area contributed by atoms with Gasteiger partial charge in [-0.25, -0.2) is 4.39 Å². The number of likely N-dealkylation sites (N-methyl/N-ethyl adjacent to an activating group) is 1. The zero-order valence-electron chi connectivity index (χ0n) is 15.8. The van der Waals surface area contributed by atoms with Crippen LogP contribution in [0.15, 0.2) is 24.5 Å². The summed E-state index contributed by atoms with van der Waals surface area (Å²) >= 11 is 0. The molecule has 0 saturated carbocycles. The fourth-order valence-corrected chi connectivity index (χ4v) is 4.32. The lowest BCUT2D eigenvalue weighted by atomic mass is 10.1. The summed E-state index contributed by atoms with van der Waals surface area (Å²) in [7, 11) is 4.22. The predicted octanol–water partition coefficient (Wildman–Crippen LogP) is 1.91. The molecular formula is C20H25FN6. The van der Waals surface area contributed by atoms with E-state index in [2.05, 4.69) is 44.8 Å². The standard InChI is InChI=1S/C20H25FN6/c1-25(2)16-5-8-26(12-16)10-15-11-27(13-17(15)21)18-4-3-14(9-22)19-20(18)24-7-6-23-19/h3-4,6-7,15-17H,5,8,10-13H2,1-2H3/t15-,16+,17?/m0/s1. The van der Waals surface area contributed by atoms with Crippen LogP contribution in [0.3, 0.4) is 0 Å². The summed E-state index contributed by atoms with van der Waals surface area (Å²) in [6, 6.07) is 6.37. The van der Waals surface area contributed by atoms with Crippen molar-refractivity contribution in [2.45, 2.75) is 18.6 Å². The first-order chi connectivity index (χ1) is 13.1. The van der Waals surface area contributed by atoms with Gasteiger partial charge in [0.2, 0.25) is 0 Å². The lowest BCUT2D eigenvalue weighted by Crippen LogP contribution is -2.35. The molecule has 0 spiro atoms. The van der Waals surface area contributed by atoms with Crippen molar-refractivity contribution in [2.75, 3.05) is 51.7 Å². The fraction of sp³-hybridized carbons (Fsp3) is 0.550. The molecule has 2 aliphatic rings. The van der Waals surface area contributed by atoms with Gasteiger partial charge in [0.15, 0.2) is 0 Å². The number of nitriles is 1. The van der Waals surface area contributed by atoms with Crippen LogP contribution in [0.1, 0.15) is 12.0 Å². The van der Waals surface area contributed by atoms with Crippen molar-refractivity contribution in [3.8, 4) is 6.07 Å². The van der Waals surface area contributed by atoms with Crippen molar-refractivity contribution >= 4 is 16.7 Å². The first-order valence-corrected chi connectivity index (χ1v) is 9.48. The molecule has 6 nitrogen and oxygen atoms in total. The molecule has 0 N–H and O–H groups in total. The first kappa shape index (κ1) is 18.1. The monoisotopic (exact) mass is 368 g/mol. The lowest BCUT2D eigenvalue weighted by Gasteiger charge is -2.24. The van der Waals surface area contributed by atoms with Crippen LogP contribution in [0.5, 0.6) is 0 Å². The molecule has 1 aromatic heterocycles. The van der Waals surface area contributed by atoms with Crippen LogP contribution in [0.4, 0.5) is 10.1 Å². The van der Waals surface area contributed by atoms with Gasteiger partial charge in [-0.3, -0.25) is 9.97 Å². The Labute approximate surface area is 159 Å². The van der Waals surface area contributed by atoms with Gasteiger partial charge in [-0.05, 0) is 39.2 Å². The average Bonchev–Trinajstić information content (AvgIpc) is 3.28. The van der Waals surface area contributed by atoms with Gasteiger partial charge in [0.1, 0.15) is 23.3 Å². The normalized spacial score (nSPS) is 26.2. The summed E-state index contributed by atoms with van der Waals surface area (Å²) < 4.78 is 14.8. The topological polar surface area (TPSA) is 59.3 Å². The number of likely N-dealkylation sites (tertiary alicyclic amines) is 1. The van der Waals surface area contributed by atoms with Crippen molar-refractivity contribution in [3.05, 3.63) is 30.1 Å². The fourth-order valence-electron chi connectivity index (χ4n) is 4.32. The lowest BCUT2D eigenvalue weighted by molar-refractivity contribution is 0.199. The molecule has 0 bridgehead atoms. The van der Waals surface area contributed by atoms with Crippen molar-refractivity contribution in [1.82, 2.24) is 19.8 Å². The Hall–Kier alpha value is -2.30. The van der Waals surface area contributed by atoms with Crippen molar-refractivity contribution < 1.29 is 4.39 Å². The Morgan fingerprint density at radius 1 is 1.19 bits per heavy atom. The number of nitrogens with zero attached hydrogens (tertiary/aromatic N) is 6. The molecule has 2 saturated heterocycles. The summed E-state index contributed by atoms with van der Waals surface area (Å²) in [5.74, 6) is -0.00622. The maximum Gasteiger partial charge on any atom is 0.123 e. The third kappa shape index (κ3) is 3.47. The molecule has 3 atom stereocenters. The number of rotatable bonds is 4. The average molecular weight is 368 g/mol. The Balaban J connectivity index is 1.51. The van der Waals surface area contributed by atoms with Crippen molar-refractivity contribution in [1.29, 1.82) is 5.26 Å². The smallest absolute Gasteiger partial charge is 0.123 e. The van der Waals surface area contributed by atoms with Crippen LogP contribution in [0.25, 0.3) is 11.0 Å². The van der Waals surface area contributed by atoms with E-state index < -0.39 is 6.17 Å². The predicted molar refractivity (Wildman–Crippen MR) is 103 cm³/mol. The van der Waals surface area contributed by atoms with E-state index in [0.29, 0.717) is 35.7 Å². The highest BCUT2D eigenvalue weighted by Gasteiger charge is 2.36. The molecule has 0 radical (unpaired) electrons. The van der Waals surface area contributed by atoms with Gasteiger partial charge in [0.25, 0.3) is 0 Å². The minimum atomic E-state index is -0.856. The molecule has 142 valence electrons. The number of hydrogen-bond acceptors (Lipinski definition) is 6. The minimum absolute atomic E-state index is 0.00622. The van der Waals surface area contributed by atoms with E-state index >= 15 is 0 Å². The van der Waals surface area contributed by atoms with Gasteiger partial charge in [-0.15, -0.1) is 0 Å². The number of benzene rings is 1. The Morgan fingerprint density at radius 2 is 1.96 bits per heavy atom. The molecule has 2 aliphatic heterocycles. The molecule has 1 aromatic carbocycles. The van der Waals surface area contributed by atoms with Gasteiger partial charge in [-0.2, -0.15) is 5.26 Å². The molecular weight excluding hydrogens is 343 g/mol. The molecule has 0 amide bonds. The maximum atomic E-state index is 14.8. The number of aromatic nitrogens is 2. The van der Waals surface area contributed by atoms with Crippen LogP contribution in [-0.4, -0.2) is 78.8 Å². The molecule has 4 rings (SSSR count). The van der Waals surface area contributed by atoms with E-state index in [4.69, 9.17) is 0 Å². The van der Waals surface area contributed by atoms with Gasteiger partial charge >= 0.3 is 0 Å². The van der Waals surface area contributed by atoms with Crippen LogP contribution < -0.4 is 4.90 Å². The van der Waals surface area contributed by atoms with E-state index in [1.807, 2.05) is 6.07 Å². The number of alkyl halides is 1. The highest BCUT2D eigenvalue weighted by Crippen LogP contribution is 2.32. The summed E-state index contributed by atoms with van der Waals surface area (Å²) in [6.07, 6.45) is 3.51. The summed E-state index contributed by atoms with van der Waals surface area (Å²) in [5, 5.41) is 9.30. The molecule has 2 aromatic rings. The van der Waals surface area contributed by atoms with Crippen LogP contribution in [0, 0.1) is 17.2 Å². The Bertz CT molecular complexity index is 863. The number of hydrogen-bond donors (Lipinski definition) is 0. The third-order valence-corrected chi connectivity index (χ3v) is 5.90. The van der Waals surface area contributed by atoms with Crippen LogP contribution in [0.2, 0.25) is 0 Å². The Morgan fingerprint density at radius 3 is 2.67 bits per heavy atom. The molecule has 27 heavy (non-hydrogen) atoms. The van der Waals surface area contributed by atoms with Gasteiger partial charge in [0.05, 0.1) is 11.3 Å². The van der Waals surface area contributed by atoms with E-state index in [1.54, 1.807) is 18.5 Å². The molecule has 0 aliphatic carbocycles. The van der Waals surface area contributed by atoms with E-state index in [9.17, 15) is 9.65 Å². The second-order valence-corrected chi connectivity index (χ2v) is 7.84.